The SMILES string of the molecule is CC(C)CN1CCN(c2ncnc(N)c2Cl)CC1. The number of nitrogens with two attached hydrogens (primary N) is 1. The summed E-state index contributed by atoms with van der Waals surface area (Å²) < 4.78 is 0. The van der Waals surface area contributed by atoms with Crippen LogP contribution in [0.5, 0.6) is 0 Å². The molecule has 0 spiro atoms. The van der Waals surface area contributed by atoms with E-state index in [2.05, 4.69) is 33.6 Å². The summed E-state index contributed by atoms with van der Waals surface area (Å²) in [4.78, 5) is 12.8. The third-order valence-corrected chi connectivity index (χ3v) is 3.46. The first-order valence-electron chi connectivity index (χ1n) is 6.31. The van der Waals surface area contributed by atoms with Crippen LogP contribution in [0.1, 0.15) is 13.8 Å². The van der Waals surface area contributed by atoms with Crippen molar-refractivity contribution in [3.8, 4) is 0 Å². The van der Waals surface area contributed by atoms with Crippen LogP contribution < -0.4 is 10.6 Å². The van der Waals surface area contributed by atoms with E-state index in [1.807, 2.05) is 0 Å². The Morgan fingerprint density at radius 3 is 2.56 bits per heavy atom. The molecule has 0 aromatic carbocycles. The fourth-order valence-electron chi connectivity index (χ4n) is 2.25. The second-order valence-electron chi connectivity index (χ2n) is 5.08. The van der Waals surface area contributed by atoms with Gasteiger partial charge in [0.2, 0.25) is 0 Å². The van der Waals surface area contributed by atoms with Crippen LogP contribution in [0.25, 0.3) is 0 Å². The van der Waals surface area contributed by atoms with Crippen molar-refractivity contribution in [1.82, 2.24) is 14.9 Å². The summed E-state index contributed by atoms with van der Waals surface area (Å²) in [6.07, 6.45) is 1.47. The zero-order valence-electron chi connectivity index (χ0n) is 10.9. The van der Waals surface area contributed by atoms with Crippen molar-refractivity contribution in [3.05, 3.63) is 11.3 Å². The van der Waals surface area contributed by atoms with Crippen molar-refractivity contribution >= 4 is 23.2 Å². The van der Waals surface area contributed by atoms with E-state index in [4.69, 9.17) is 17.3 Å². The molecule has 0 saturated carbocycles. The number of aromatic nitrogens is 2. The smallest absolute Gasteiger partial charge is 0.153 e. The number of hydrogen-bond donors (Lipinski definition) is 1. The molecule has 100 valence electrons. The molecule has 0 unspecified atom stereocenters. The van der Waals surface area contributed by atoms with Crippen molar-refractivity contribution in [2.75, 3.05) is 43.4 Å². The van der Waals surface area contributed by atoms with Gasteiger partial charge in [0.25, 0.3) is 0 Å². The lowest BCUT2D eigenvalue weighted by molar-refractivity contribution is 0.231. The molecule has 0 atom stereocenters. The molecule has 2 rings (SSSR count). The lowest BCUT2D eigenvalue weighted by Gasteiger charge is -2.36. The van der Waals surface area contributed by atoms with Gasteiger partial charge in [0, 0.05) is 32.7 Å². The minimum atomic E-state index is 0.353. The molecule has 5 nitrogen and oxygen atoms in total. The van der Waals surface area contributed by atoms with E-state index in [1.54, 1.807) is 0 Å². The third-order valence-electron chi connectivity index (χ3n) is 3.09. The Hall–Kier alpha value is -1.07. The monoisotopic (exact) mass is 269 g/mol. The molecule has 0 radical (unpaired) electrons. The van der Waals surface area contributed by atoms with Crippen LogP contribution in [0.3, 0.4) is 0 Å². The molecule has 1 aliphatic heterocycles. The highest BCUT2D eigenvalue weighted by molar-refractivity contribution is 6.35. The predicted molar refractivity (Wildman–Crippen MR) is 74.9 cm³/mol. The summed E-state index contributed by atoms with van der Waals surface area (Å²) in [6.45, 7) is 9.58. The quantitative estimate of drug-likeness (QED) is 0.901. The number of nitrogens with zero attached hydrogens (tertiary/aromatic N) is 4. The minimum absolute atomic E-state index is 0.353. The number of anilines is 2. The van der Waals surface area contributed by atoms with Crippen molar-refractivity contribution in [1.29, 1.82) is 0 Å². The fourth-order valence-corrected chi connectivity index (χ4v) is 2.47. The summed E-state index contributed by atoms with van der Waals surface area (Å²) >= 11 is 6.14. The Kier molecular flexibility index (Phi) is 4.24. The fraction of sp³-hybridized carbons (Fsp3) is 0.667. The lowest BCUT2D eigenvalue weighted by Crippen LogP contribution is -2.47. The van der Waals surface area contributed by atoms with Crippen LogP contribution in [0.4, 0.5) is 11.6 Å². The van der Waals surface area contributed by atoms with Crippen LogP contribution >= 0.6 is 11.6 Å². The lowest BCUT2D eigenvalue weighted by atomic mass is 10.2. The molecule has 1 fully saturated rings. The van der Waals surface area contributed by atoms with E-state index >= 15 is 0 Å². The highest BCUT2D eigenvalue weighted by Gasteiger charge is 2.21. The number of halogens is 1. The number of hydrogen-bond acceptors (Lipinski definition) is 5. The average molecular weight is 270 g/mol. The Bertz CT molecular complexity index is 401. The molecule has 1 aromatic heterocycles. The Morgan fingerprint density at radius 1 is 1.28 bits per heavy atom. The van der Waals surface area contributed by atoms with E-state index in [9.17, 15) is 0 Å². The number of rotatable bonds is 3. The van der Waals surface area contributed by atoms with Gasteiger partial charge in [-0.15, -0.1) is 0 Å². The Morgan fingerprint density at radius 2 is 1.94 bits per heavy atom. The molecule has 18 heavy (non-hydrogen) atoms. The average Bonchev–Trinajstić information content (AvgIpc) is 2.33. The second kappa shape index (κ2) is 5.71. The molecule has 1 aliphatic rings. The highest BCUT2D eigenvalue weighted by Crippen LogP contribution is 2.27. The molecular formula is C12H20ClN5. The van der Waals surface area contributed by atoms with E-state index in [1.165, 1.54) is 6.33 Å². The van der Waals surface area contributed by atoms with Crippen molar-refractivity contribution in [2.45, 2.75) is 13.8 Å². The van der Waals surface area contributed by atoms with Crippen LogP contribution in [0.15, 0.2) is 6.33 Å². The first-order chi connectivity index (χ1) is 8.58. The summed E-state index contributed by atoms with van der Waals surface area (Å²) in [6, 6.07) is 0. The van der Waals surface area contributed by atoms with Gasteiger partial charge in [0.1, 0.15) is 17.2 Å². The predicted octanol–water partition coefficient (Wildman–Crippen LogP) is 1.49. The Labute approximate surface area is 113 Å². The van der Waals surface area contributed by atoms with Gasteiger partial charge < -0.3 is 10.6 Å². The zero-order chi connectivity index (χ0) is 13.1. The summed E-state index contributed by atoms with van der Waals surface area (Å²) in [5.41, 5.74) is 5.70. The third kappa shape index (κ3) is 3.03. The molecule has 2 N–H and O–H groups in total. The number of nitrogen functional groups attached to an aromatic ring is 1. The van der Waals surface area contributed by atoms with E-state index < -0.39 is 0 Å². The summed E-state index contributed by atoms with van der Waals surface area (Å²) in [5, 5.41) is 0.467. The maximum atomic E-state index is 6.14. The molecular weight excluding hydrogens is 250 g/mol. The van der Waals surface area contributed by atoms with Crippen molar-refractivity contribution < 1.29 is 0 Å². The first-order valence-corrected chi connectivity index (χ1v) is 6.69. The van der Waals surface area contributed by atoms with Gasteiger partial charge in [-0.05, 0) is 5.92 Å². The van der Waals surface area contributed by atoms with Gasteiger partial charge in [0.05, 0.1) is 0 Å². The topological polar surface area (TPSA) is 58.3 Å². The van der Waals surface area contributed by atoms with Crippen LogP contribution in [0, 0.1) is 5.92 Å². The zero-order valence-corrected chi connectivity index (χ0v) is 11.7. The summed E-state index contributed by atoms with van der Waals surface area (Å²) in [7, 11) is 0. The van der Waals surface area contributed by atoms with Gasteiger partial charge >= 0.3 is 0 Å². The van der Waals surface area contributed by atoms with Crippen LogP contribution in [-0.4, -0.2) is 47.6 Å². The first kappa shape index (κ1) is 13.4. The minimum Gasteiger partial charge on any atom is -0.382 e. The van der Waals surface area contributed by atoms with Crippen molar-refractivity contribution in [3.63, 3.8) is 0 Å². The van der Waals surface area contributed by atoms with Gasteiger partial charge in [-0.25, -0.2) is 9.97 Å². The molecule has 0 amide bonds. The van der Waals surface area contributed by atoms with Gasteiger partial charge in [-0.2, -0.15) is 0 Å². The molecule has 0 aliphatic carbocycles. The standard InChI is InChI=1S/C12H20ClN5/c1-9(2)7-17-3-5-18(6-4-17)12-10(13)11(14)15-8-16-12/h8-9H,3-7H2,1-2H3,(H2,14,15,16). The Balaban J connectivity index is 1.99. The van der Waals surface area contributed by atoms with E-state index in [0.717, 1.165) is 38.5 Å². The highest BCUT2D eigenvalue weighted by atomic mass is 35.5. The van der Waals surface area contributed by atoms with Gasteiger partial charge in [-0.1, -0.05) is 25.4 Å². The normalized spacial score (nSPS) is 17.4. The maximum Gasteiger partial charge on any atom is 0.153 e. The molecule has 2 heterocycles. The van der Waals surface area contributed by atoms with Gasteiger partial charge in [0.15, 0.2) is 5.82 Å². The van der Waals surface area contributed by atoms with E-state index in [0.29, 0.717) is 16.8 Å². The molecule has 6 heteroatoms. The molecule has 1 aromatic rings. The molecule has 0 bridgehead atoms. The van der Waals surface area contributed by atoms with E-state index in [-0.39, 0.29) is 0 Å². The van der Waals surface area contributed by atoms with Crippen LogP contribution in [-0.2, 0) is 0 Å². The largest absolute Gasteiger partial charge is 0.382 e. The van der Waals surface area contributed by atoms with Gasteiger partial charge in [-0.3, -0.25) is 4.90 Å². The second-order valence-corrected chi connectivity index (χ2v) is 5.46. The maximum absolute atomic E-state index is 6.14. The molecule has 1 saturated heterocycles. The van der Waals surface area contributed by atoms with Crippen molar-refractivity contribution in [2.24, 2.45) is 5.92 Å². The summed E-state index contributed by atoms with van der Waals surface area (Å²) in [5.74, 6) is 1.81. The van der Waals surface area contributed by atoms with Crippen LogP contribution in [0.2, 0.25) is 5.02 Å². The number of piperazine rings is 1.